The van der Waals surface area contributed by atoms with E-state index >= 15 is 0 Å². The highest BCUT2D eigenvalue weighted by Gasteiger charge is 2.26. The predicted octanol–water partition coefficient (Wildman–Crippen LogP) is 5.61. The summed E-state index contributed by atoms with van der Waals surface area (Å²) in [7, 11) is 4.60. The van der Waals surface area contributed by atoms with Gasteiger partial charge in [0.05, 0.1) is 21.3 Å². The molecule has 0 saturated carbocycles. The molecular formula is C28H30O6. The van der Waals surface area contributed by atoms with Crippen LogP contribution < -0.4 is 18.9 Å². The molecule has 0 aliphatic carbocycles. The van der Waals surface area contributed by atoms with Gasteiger partial charge in [-0.15, -0.1) is 0 Å². The summed E-state index contributed by atoms with van der Waals surface area (Å²) in [4.78, 5) is 26.1. The van der Waals surface area contributed by atoms with Crippen LogP contribution in [0.4, 0.5) is 0 Å². The lowest BCUT2D eigenvalue weighted by molar-refractivity contribution is -0.118. The molecule has 0 radical (unpaired) electrons. The number of carbonyl (C=O) groups excluding carboxylic acids is 2. The van der Waals surface area contributed by atoms with Crippen LogP contribution in [-0.4, -0.2) is 32.9 Å². The third-order valence-corrected chi connectivity index (χ3v) is 5.74. The molecular weight excluding hydrogens is 432 g/mol. The summed E-state index contributed by atoms with van der Waals surface area (Å²) in [5, 5.41) is 0. The summed E-state index contributed by atoms with van der Waals surface area (Å²) in [6.45, 7) is 3.76. The second kappa shape index (κ2) is 11.4. The number of ether oxygens (including phenoxy) is 4. The Balaban J connectivity index is 2.11. The SMILES string of the molecule is CCC(C(C)=O)c1cc(OC)c(OCc2ccccc2)cc1C(=O)c1ccc(OC)c(OC)c1. The molecule has 0 aliphatic rings. The molecule has 178 valence electrons. The third kappa shape index (κ3) is 5.39. The Kier molecular flexibility index (Phi) is 8.30. The topological polar surface area (TPSA) is 71.1 Å². The smallest absolute Gasteiger partial charge is 0.193 e. The Morgan fingerprint density at radius 1 is 0.794 bits per heavy atom. The molecule has 3 rings (SSSR count). The molecule has 6 heteroatoms. The van der Waals surface area contributed by atoms with E-state index in [-0.39, 0.29) is 11.6 Å². The van der Waals surface area contributed by atoms with Crippen molar-refractivity contribution in [3.63, 3.8) is 0 Å². The fourth-order valence-corrected chi connectivity index (χ4v) is 3.93. The van der Waals surface area contributed by atoms with E-state index in [9.17, 15) is 9.59 Å². The normalized spacial score (nSPS) is 11.4. The van der Waals surface area contributed by atoms with Crippen molar-refractivity contribution in [2.75, 3.05) is 21.3 Å². The van der Waals surface area contributed by atoms with Gasteiger partial charge in [0, 0.05) is 17.0 Å². The van der Waals surface area contributed by atoms with Crippen molar-refractivity contribution in [1.29, 1.82) is 0 Å². The first-order valence-corrected chi connectivity index (χ1v) is 11.1. The zero-order chi connectivity index (χ0) is 24.7. The van der Waals surface area contributed by atoms with Gasteiger partial charge in [0.25, 0.3) is 0 Å². The maximum atomic E-state index is 13.7. The van der Waals surface area contributed by atoms with Crippen LogP contribution in [0.1, 0.15) is 53.2 Å². The Labute approximate surface area is 200 Å². The van der Waals surface area contributed by atoms with Crippen LogP contribution in [0.2, 0.25) is 0 Å². The van der Waals surface area contributed by atoms with Crippen LogP contribution >= 0.6 is 0 Å². The average molecular weight is 463 g/mol. The highest BCUT2D eigenvalue weighted by atomic mass is 16.5. The van der Waals surface area contributed by atoms with Crippen molar-refractivity contribution in [1.82, 2.24) is 0 Å². The van der Waals surface area contributed by atoms with E-state index in [0.29, 0.717) is 52.7 Å². The van der Waals surface area contributed by atoms with Crippen LogP contribution in [0.5, 0.6) is 23.0 Å². The number of methoxy groups -OCH3 is 3. The summed E-state index contributed by atoms with van der Waals surface area (Å²) in [6, 6.07) is 18.1. The van der Waals surface area contributed by atoms with Crippen molar-refractivity contribution in [3.8, 4) is 23.0 Å². The molecule has 3 aromatic rings. The maximum absolute atomic E-state index is 13.7. The van der Waals surface area contributed by atoms with Gasteiger partial charge in [0.2, 0.25) is 0 Å². The fourth-order valence-electron chi connectivity index (χ4n) is 3.93. The summed E-state index contributed by atoms with van der Waals surface area (Å²) < 4.78 is 22.3. The largest absolute Gasteiger partial charge is 0.493 e. The van der Waals surface area contributed by atoms with Gasteiger partial charge < -0.3 is 18.9 Å². The molecule has 6 nitrogen and oxygen atoms in total. The van der Waals surface area contributed by atoms with Crippen molar-refractivity contribution in [2.24, 2.45) is 0 Å². The summed E-state index contributed by atoms with van der Waals surface area (Å²) in [5.41, 5.74) is 2.39. The lowest BCUT2D eigenvalue weighted by Gasteiger charge is -2.20. The van der Waals surface area contributed by atoms with Gasteiger partial charge in [0.1, 0.15) is 12.4 Å². The number of carbonyl (C=O) groups is 2. The molecule has 0 bridgehead atoms. The molecule has 3 aromatic carbocycles. The number of hydrogen-bond donors (Lipinski definition) is 0. The Morgan fingerprint density at radius 2 is 1.44 bits per heavy atom. The standard InChI is InChI=1S/C28H30O6/c1-6-21(18(2)29)22-15-26(33-5)27(34-17-19-10-8-7-9-11-19)16-23(22)28(30)20-12-13-24(31-3)25(14-20)32-4/h7-16,21H,6,17H2,1-5H3. The first-order chi connectivity index (χ1) is 16.4. The van der Waals surface area contributed by atoms with Crippen LogP contribution in [-0.2, 0) is 11.4 Å². The second-order valence-corrected chi connectivity index (χ2v) is 7.83. The maximum Gasteiger partial charge on any atom is 0.193 e. The Bertz CT molecular complexity index is 1150. The number of benzene rings is 3. The van der Waals surface area contributed by atoms with Crippen LogP contribution in [0.25, 0.3) is 0 Å². The van der Waals surface area contributed by atoms with E-state index in [1.807, 2.05) is 37.3 Å². The van der Waals surface area contributed by atoms with Gasteiger partial charge >= 0.3 is 0 Å². The van der Waals surface area contributed by atoms with E-state index in [1.165, 1.54) is 21.1 Å². The average Bonchev–Trinajstić information content (AvgIpc) is 2.87. The molecule has 0 aliphatic heterocycles. The van der Waals surface area contributed by atoms with E-state index in [1.54, 1.807) is 37.4 Å². The van der Waals surface area contributed by atoms with Crippen molar-refractivity contribution >= 4 is 11.6 Å². The fraction of sp³-hybridized carbons (Fsp3) is 0.286. The monoisotopic (exact) mass is 462 g/mol. The van der Waals surface area contributed by atoms with Gasteiger partial charge in [-0.25, -0.2) is 0 Å². The predicted molar refractivity (Wildman–Crippen MR) is 130 cm³/mol. The van der Waals surface area contributed by atoms with E-state index in [0.717, 1.165) is 5.56 Å². The van der Waals surface area contributed by atoms with Gasteiger partial charge in [-0.1, -0.05) is 37.3 Å². The zero-order valence-corrected chi connectivity index (χ0v) is 20.2. The molecule has 0 N–H and O–H groups in total. The van der Waals surface area contributed by atoms with Crippen LogP contribution in [0, 0.1) is 0 Å². The van der Waals surface area contributed by atoms with E-state index < -0.39 is 5.92 Å². The molecule has 0 spiro atoms. The summed E-state index contributed by atoms with van der Waals surface area (Å²) in [5.74, 6) is 1.15. The van der Waals surface area contributed by atoms with E-state index in [4.69, 9.17) is 18.9 Å². The molecule has 1 atom stereocenters. The quantitative estimate of drug-likeness (QED) is 0.345. The van der Waals surface area contributed by atoms with Crippen molar-refractivity contribution < 1.29 is 28.5 Å². The second-order valence-electron chi connectivity index (χ2n) is 7.83. The first kappa shape index (κ1) is 24.8. The third-order valence-electron chi connectivity index (χ3n) is 5.74. The van der Waals surface area contributed by atoms with Gasteiger partial charge in [-0.3, -0.25) is 9.59 Å². The molecule has 0 fully saturated rings. The number of rotatable bonds is 11. The molecule has 0 saturated heterocycles. The van der Waals surface area contributed by atoms with Crippen molar-refractivity contribution in [2.45, 2.75) is 32.8 Å². The van der Waals surface area contributed by atoms with Crippen LogP contribution in [0.15, 0.2) is 60.7 Å². The lowest BCUT2D eigenvalue weighted by atomic mass is 9.86. The minimum atomic E-state index is -0.448. The van der Waals surface area contributed by atoms with Crippen molar-refractivity contribution in [3.05, 3.63) is 82.9 Å². The molecule has 1 unspecified atom stereocenters. The van der Waals surface area contributed by atoms with Gasteiger partial charge in [-0.05, 0) is 54.8 Å². The molecule has 0 aromatic heterocycles. The minimum Gasteiger partial charge on any atom is -0.493 e. The summed E-state index contributed by atoms with van der Waals surface area (Å²) >= 11 is 0. The Hall–Kier alpha value is -3.80. The number of hydrogen-bond acceptors (Lipinski definition) is 6. The zero-order valence-electron chi connectivity index (χ0n) is 20.2. The molecule has 0 amide bonds. The van der Waals surface area contributed by atoms with Crippen LogP contribution in [0.3, 0.4) is 0 Å². The number of Topliss-reactive ketones (excluding diaryl/α,β-unsaturated/α-hetero) is 1. The van der Waals surface area contributed by atoms with E-state index in [2.05, 4.69) is 0 Å². The van der Waals surface area contributed by atoms with Gasteiger partial charge in [-0.2, -0.15) is 0 Å². The summed E-state index contributed by atoms with van der Waals surface area (Å²) in [6.07, 6.45) is 0.551. The highest BCUT2D eigenvalue weighted by molar-refractivity contribution is 6.11. The molecule has 34 heavy (non-hydrogen) atoms. The minimum absolute atomic E-state index is 0.0242. The highest BCUT2D eigenvalue weighted by Crippen LogP contribution is 2.38. The number of ketones is 2. The first-order valence-electron chi connectivity index (χ1n) is 11.1. The van der Waals surface area contributed by atoms with Gasteiger partial charge in [0.15, 0.2) is 28.8 Å². The lowest BCUT2D eigenvalue weighted by Crippen LogP contribution is -2.15. The molecule has 0 heterocycles. The Morgan fingerprint density at radius 3 is 2.03 bits per heavy atom.